The molecule has 2 atom stereocenters. The Bertz CT molecular complexity index is 1180. The molecule has 0 saturated carbocycles. The lowest BCUT2D eigenvalue weighted by Gasteiger charge is -2.26. The van der Waals surface area contributed by atoms with Crippen LogP contribution in [0.3, 0.4) is 0 Å². The second-order valence-corrected chi connectivity index (χ2v) is 20.0. The molecule has 0 aliphatic carbocycles. The highest BCUT2D eigenvalue weighted by molar-refractivity contribution is 5.80. The third kappa shape index (κ3) is 49.7. The minimum atomic E-state index is -0.993. The fourth-order valence-electron chi connectivity index (χ4n) is 8.45. The van der Waals surface area contributed by atoms with Crippen LogP contribution in [-0.2, 0) is 28.8 Å². The van der Waals surface area contributed by atoms with Crippen LogP contribution < -0.4 is 21.3 Å². The van der Waals surface area contributed by atoms with Crippen LogP contribution in [0, 0.1) is 0 Å². The molecule has 0 aromatic carbocycles. The Labute approximate surface area is 428 Å². The summed E-state index contributed by atoms with van der Waals surface area (Å²) < 4.78 is 0. The molecule has 0 aliphatic heterocycles. The van der Waals surface area contributed by atoms with Crippen molar-refractivity contribution in [2.75, 3.05) is 52.4 Å². The van der Waals surface area contributed by atoms with Gasteiger partial charge in [-0.15, -0.1) is 0 Å². The Kier molecular flexibility index (Phi) is 51.2. The number of hydrogen-bond acceptors (Lipinski definition) is 8. The summed E-state index contributed by atoms with van der Waals surface area (Å²) in [7, 11) is 0. The van der Waals surface area contributed by atoms with Crippen LogP contribution in [0.15, 0.2) is 0 Å². The molecule has 0 spiro atoms. The topological polar surface area (TPSA) is 197 Å². The number of carboxylic acid groups (broad SMARTS) is 2. The number of hydrogen-bond donors (Lipinski definition) is 6. The lowest BCUT2D eigenvalue weighted by atomic mass is 10.1. The van der Waals surface area contributed by atoms with Gasteiger partial charge in [0.05, 0.1) is 26.2 Å². The number of carbonyl (C=O) groups excluding carboxylic acids is 4. The van der Waals surface area contributed by atoms with E-state index in [9.17, 15) is 39.0 Å². The molecule has 6 N–H and O–H groups in total. The van der Waals surface area contributed by atoms with Crippen LogP contribution in [-0.4, -0.2) is 120 Å². The zero-order valence-electron chi connectivity index (χ0n) is 46.1. The van der Waals surface area contributed by atoms with Gasteiger partial charge in [-0.05, 0) is 39.5 Å². The van der Waals surface area contributed by atoms with Crippen LogP contribution >= 0.6 is 0 Å². The van der Waals surface area contributed by atoms with Gasteiger partial charge in [0.2, 0.25) is 23.6 Å². The molecule has 0 bridgehead atoms. The molecule has 0 rings (SSSR count). The fourth-order valence-corrected chi connectivity index (χ4v) is 8.45. The molecule has 14 nitrogen and oxygen atoms in total. The minimum absolute atomic E-state index is 0.00417. The van der Waals surface area contributed by atoms with Gasteiger partial charge in [0.25, 0.3) is 0 Å². The summed E-state index contributed by atoms with van der Waals surface area (Å²) in [6.45, 7) is 14.5. The van der Waals surface area contributed by atoms with Crippen molar-refractivity contribution in [3.63, 3.8) is 0 Å². The molecular weight excluding hydrogens is 885 g/mol. The van der Waals surface area contributed by atoms with Gasteiger partial charge in [0.15, 0.2) is 0 Å². The molecule has 0 aromatic rings. The van der Waals surface area contributed by atoms with Gasteiger partial charge >= 0.3 is 11.9 Å². The molecule has 2 unspecified atom stereocenters. The van der Waals surface area contributed by atoms with E-state index in [0.29, 0.717) is 26.2 Å². The van der Waals surface area contributed by atoms with Crippen LogP contribution in [0.2, 0.25) is 0 Å². The van der Waals surface area contributed by atoms with Gasteiger partial charge < -0.3 is 31.5 Å². The van der Waals surface area contributed by atoms with E-state index in [0.717, 1.165) is 51.4 Å². The second-order valence-electron chi connectivity index (χ2n) is 20.0. The first-order chi connectivity index (χ1) is 33.8. The predicted molar refractivity (Wildman–Crippen MR) is 289 cm³/mol. The van der Waals surface area contributed by atoms with E-state index in [4.69, 9.17) is 0 Å². The summed E-state index contributed by atoms with van der Waals surface area (Å²) in [6, 6.07) is -0.642. The van der Waals surface area contributed by atoms with E-state index in [1.807, 2.05) is 13.8 Å². The molecule has 14 heteroatoms. The Balaban J connectivity index is 0. The molecule has 0 aromatic heterocycles. The standard InChI is InChI=1S/2C28H55N3O4/c2*1-4-6-8-10-12-14-16-18-20-29-26(32)22-25(3)31(24-28(34)35)23-27(33)30-21-19-17-15-13-11-9-7-5-2/h2*25H,4-24H2,1-3H3,(H,29,32)(H,30,33)(H,34,35). The van der Waals surface area contributed by atoms with E-state index in [1.54, 1.807) is 9.80 Å². The average Bonchev–Trinajstić information content (AvgIpc) is 3.31. The maximum Gasteiger partial charge on any atom is 0.317 e. The Morgan fingerprint density at radius 3 is 0.729 bits per heavy atom. The van der Waals surface area contributed by atoms with Crippen molar-refractivity contribution in [3.8, 4) is 0 Å². The summed E-state index contributed by atoms with van der Waals surface area (Å²) in [5.74, 6) is -2.52. The third-order valence-electron chi connectivity index (χ3n) is 13.0. The monoisotopic (exact) mass is 995 g/mol. The van der Waals surface area contributed by atoms with Gasteiger partial charge in [0.1, 0.15) is 0 Å². The maximum atomic E-state index is 12.3. The molecule has 0 aliphatic rings. The van der Waals surface area contributed by atoms with Gasteiger partial charge in [0, 0.05) is 51.1 Å². The number of rotatable bonds is 50. The minimum Gasteiger partial charge on any atom is -0.480 e. The van der Waals surface area contributed by atoms with Gasteiger partial charge in [-0.3, -0.25) is 38.6 Å². The first kappa shape index (κ1) is 68.8. The number of amides is 4. The normalized spacial score (nSPS) is 12.0. The van der Waals surface area contributed by atoms with E-state index >= 15 is 0 Å². The molecular formula is C56H110N6O8. The number of nitrogens with zero attached hydrogens (tertiary/aromatic N) is 2. The summed E-state index contributed by atoms with van der Waals surface area (Å²) in [4.78, 5) is 75.0. The highest BCUT2D eigenvalue weighted by atomic mass is 16.4. The van der Waals surface area contributed by atoms with Crippen LogP contribution in [0.4, 0.5) is 0 Å². The van der Waals surface area contributed by atoms with E-state index in [-0.39, 0.29) is 74.7 Å². The van der Waals surface area contributed by atoms with Crippen molar-refractivity contribution in [2.45, 2.75) is 272 Å². The summed E-state index contributed by atoms with van der Waals surface area (Å²) in [6.07, 6.45) is 39.1. The molecule has 70 heavy (non-hydrogen) atoms. The Morgan fingerprint density at radius 2 is 0.514 bits per heavy atom. The number of aliphatic carboxylic acids is 2. The molecule has 4 amide bonds. The van der Waals surface area contributed by atoms with Crippen molar-refractivity contribution in [1.29, 1.82) is 0 Å². The zero-order chi connectivity index (χ0) is 52.3. The molecule has 0 fully saturated rings. The van der Waals surface area contributed by atoms with Crippen LogP contribution in [0.5, 0.6) is 0 Å². The average molecular weight is 996 g/mol. The van der Waals surface area contributed by atoms with Crippen molar-refractivity contribution >= 4 is 35.6 Å². The van der Waals surface area contributed by atoms with E-state index in [2.05, 4.69) is 49.0 Å². The highest BCUT2D eigenvalue weighted by Crippen LogP contribution is 2.12. The van der Waals surface area contributed by atoms with Gasteiger partial charge in [-0.25, -0.2) is 0 Å². The SMILES string of the molecule is CCCCCCCCCCNC(=O)CC(C)N(CC(=O)O)CC(=O)NCCCCCCCCCC.CCCCCCCCCCNC(=O)CC(C)N(CC(=O)O)CC(=O)NCCCCCCCCCC. The van der Waals surface area contributed by atoms with Gasteiger partial charge in [-0.1, -0.05) is 207 Å². The highest BCUT2D eigenvalue weighted by Gasteiger charge is 2.23. The second kappa shape index (κ2) is 52.1. The molecule has 0 saturated heterocycles. The molecule has 0 radical (unpaired) electrons. The molecule has 412 valence electrons. The largest absolute Gasteiger partial charge is 0.480 e. The van der Waals surface area contributed by atoms with Crippen LogP contribution in [0.1, 0.15) is 260 Å². The number of carbonyl (C=O) groups is 6. The number of carboxylic acids is 2. The lowest BCUT2D eigenvalue weighted by Crippen LogP contribution is -2.46. The van der Waals surface area contributed by atoms with Crippen molar-refractivity contribution in [2.24, 2.45) is 0 Å². The third-order valence-corrected chi connectivity index (χ3v) is 13.0. The number of unbranched alkanes of at least 4 members (excludes halogenated alkanes) is 28. The predicted octanol–water partition coefficient (Wildman–Crippen LogP) is 11.3. The fraction of sp³-hybridized carbons (Fsp3) is 0.893. The number of nitrogens with one attached hydrogen (secondary N) is 4. The Hall–Kier alpha value is -3.26. The smallest absolute Gasteiger partial charge is 0.317 e. The quantitative estimate of drug-likeness (QED) is 0.0319. The van der Waals surface area contributed by atoms with E-state index < -0.39 is 11.9 Å². The lowest BCUT2D eigenvalue weighted by molar-refractivity contribution is -0.141. The summed E-state index contributed by atoms with van der Waals surface area (Å²) >= 11 is 0. The van der Waals surface area contributed by atoms with Crippen LogP contribution in [0.25, 0.3) is 0 Å². The first-order valence-corrected chi connectivity index (χ1v) is 28.8. The summed E-state index contributed by atoms with van der Waals surface area (Å²) in [5.41, 5.74) is 0. The zero-order valence-corrected chi connectivity index (χ0v) is 46.1. The molecule has 0 heterocycles. The maximum absolute atomic E-state index is 12.3. The first-order valence-electron chi connectivity index (χ1n) is 28.8. The van der Waals surface area contributed by atoms with Crippen molar-refractivity contribution in [1.82, 2.24) is 31.1 Å². The Morgan fingerprint density at radius 1 is 0.314 bits per heavy atom. The summed E-state index contributed by atoms with van der Waals surface area (Å²) in [5, 5.41) is 30.2. The van der Waals surface area contributed by atoms with Gasteiger partial charge in [-0.2, -0.15) is 0 Å². The van der Waals surface area contributed by atoms with E-state index in [1.165, 1.54) is 154 Å². The van der Waals surface area contributed by atoms with Crippen molar-refractivity contribution < 1.29 is 39.0 Å². The van der Waals surface area contributed by atoms with Crippen molar-refractivity contribution in [3.05, 3.63) is 0 Å².